The number of anilines is 2. The first-order valence-electron chi connectivity index (χ1n) is 9.24. The molecule has 1 aliphatic carbocycles. The smallest absolute Gasteiger partial charge is 0.224 e. The van der Waals surface area contributed by atoms with Gasteiger partial charge in [0.1, 0.15) is 11.6 Å². The fourth-order valence-corrected chi connectivity index (χ4v) is 3.47. The molecule has 0 aromatic carbocycles. The van der Waals surface area contributed by atoms with E-state index in [0.717, 1.165) is 35.9 Å². The Balaban J connectivity index is 1.97. The number of aromatic nitrogens is 4. The summed E-state index contributed by atoms with van der Waals surface area (Å²) in [6.45, 7) is 13.0. The Bertz CT molecular complexity index is 806. The molecule has 2 heterocycles. The molecule has 2 N–H and O–H groups in total. The van der Waals surface area contributed by atoms with E-state index < -0.39 is 0 Å². The average Bonchev–Trinajstić information content (AvgIpc) is 2.51. The molecular weight excluding hydrogens is 324 g/mol. The summed E-state index contributed by atoms with van der Waals surface area (Å²) in [4.78, 5) is 18.5. The molecular formula is C20H30N6. The molecule has 0 saturated carbocycles. The molecule has 140 valence electrons. The van der Waals surface area contributed by atoms with E-state index in [1.54, 1.807) is 0 Å². The van der Waals surface area contributed by atoms with Crippen LogP contribution in [0.5, 0.6) is 0 Å². The van der Waals surface area contributed by atoms with Crippen LogP contribution in [-0.2, 0) is 11.8 Å². The van der Waals surface area contributed by atoms with Gasteiger partial charge in [-0.25, -0.2) is 15.0 Å². The maximum Gasteiger partial charge on any atom is 0.224 e. The van der Waals surface area contributed by atoms with E-state index in [0.29, 0.717) is 5.95 Å². The summed E-state index contributed by atoms with van der Waals surface area (Å²) in [7, 11) is 1.83. The van der Waals surface area contributed by atoms with Gasteiger partial charge in [0.05, 0.1) is 6.04 Å². The van der Waals surface area contributed by atoms with Gasteiger partial charge in [0, 0.05) is 41.7 Å². The van der Waals surface area contributed by atoms with Gasteiger partial charge in [0.25, 0.3) is 0 Å². The molecule has 0 spiro atoms. The van der Waals surface area contributed by atoms with Crippen molar-refractivity contribution in [3.63, 3.8) is 0 Å². The number of hydrogen-bond donors (Lipinski definition) is 2. The zero-order chi connectivity index (χ0) is 19.1. The second kappa shape index (κ2) is 6.49. The van der Waals surface area contributed by atoms with Crippen LogP contribution in [0.2, 0.25) is 0 Å². The summed E-state index contributed by atoms with van der Waals surface area (Å²) in [5.74, 6) is 2.36. The Morgan fingerprint density at radius 3 is 2.54 bits per heavy atom. The summed E-state index contributed by atoms with van der Waals surface area (Å²) in [5, 5.41) is 6.61. The Hall–Kier alpha value is -2.24. The Labute approximate surface area is 156 Å². The van der Waals surface area contributed by atoms with Crippen LogP contribution >= 0.6 is 0 Å². The van der Waals surface area contributed by atoms with Gasteiger partial charge in [-0.05, 0) is 25.2 Å². The molecule has 1 atom stereocenters. The van der Waals surface area contributed by atoms with Crippen molar-refractivity contribution in [3.8, 4) is 0 Å². The SMILES string of the molecule is CNc1nc(C)cc(N[C@H]2CC(C)(C)Cc3nc(C(C)(C)C)ncc32)n1. The molecule has 0 saturated heterocycles. The first-order chi connectivity index (χ1) is 12.1. The van der Waals surface area contributed by atoms with Crippen molar-refractivity contribution in [2.24, 2.45) is 5.41 Å². The molecule has 0 amide bonds. The van der Waals surface area contributed by atoms with Crippen molar-refractivity contribution in [3.05, 3.63) is 35.0 Å². The van der Waals surface area contributed by atoms with Crippen molar-refractivity contribution >= 4 is 11.8 Å². The lowest BCUT2D eigenvalue weighted by molar-refractivity contribution is 0.284. The second-order valence-corrected chi connectivity index (χ2v) is 9.06. The molecule has 6 heteroatoms. The van der Waals surface area contributed by atoms with E-state index in [9.17, 15) is 0 Å². The van der Waals surface area contributed by atoms with E-state index in [2.05, 4.69) is 60.2 Å². The molecule has 26 heavy (non-hydrogen) atoms. The van der Waals surface area contributed by atoms with Gasteiger partial charge in [-0.2, -0.15) is 4.98 Å². The fraction of sp³-hybridized carbons (Fsp3) is 0.600. The number of nitrogens with one attached hydrogen (secondary N) is 2. The average molecular weight is 355 g/mol. The highest BCUT2D eigenvalue weighted by atomic mass is 15.1. The molecule has 3 rings (SSSR count). The van der Waals surface area contributed by atoms with Gasteiger partial charge in [0.15, 0.2) is 0 Å². The van der Waals surface area contributed by atoms with Crippen LogP contribution in [0.1, 0.15) is 69.9 Å². The Kier molecular flexibility index (Phi) is 4.63. The predicted molar refractivity (Wildman–Crippen MR) is 106 cm³/mol. The molecule has 2 aromatic heterocycles. The van der Waals surface area contributed by atoms with E-state index in [4.69, 9.17) is 4.98 Å². The van der Waals surface area contributed by atoms with Crippen LogP contribution in [-0.4, -0.2) is 27.0 Å². The lowest BCUT2D eigenvalue weighted by atomic mass is 9.74. The van der Waals surface area contributed by atoms with Gasteiger partial charge in [-0.1, -0.05) is 34.6 Å². The minimum atomic E-state index is -0.0506. The normalized spacial score (nSPS) is 19.0. The van der Waals surface area contributed by atoms with Crippen LogP contribution in [0, 0.1) is 12.3 Å². The van der Waals surface area contributed by atoms with Gasteiger partial charge < -0.3 is 10.6 Å². The van der Waals surface area contributed by atoms with E-state index in [1.807, 2.05) is 26.2 Å². The summed E-state index contributed by atoms with van der Waals surface area (Å²) in [6, 6.07) is 2.12. The lowest BCUT2D eigenvalue weighted by Crippen LogP contribution is -2.32. The zero-order valence-electron chi connectivity index (χ0n) is 16.9. The maximum atomic E-state index is 4.93. The van der Waals surface area contributed by atoms with E-state index in [-0.39, 0.29) is 16.9 Å². The topological polar surface area (TPSA) is 75.6 Å². The first-order valence-corrected chi connectivity index (χ1v) is 9.24. The van der Waals surface area contributed by atoms with Crippen molar-refractivity contribution in [2.45, 2.75) is 65.8 Å². The van der Waals surface area contributed by atoms with Crippen LogP contribution in [0.3, 0.4) is 0 Å². The number of fused-ring (bicyclic) bond motifs is 1. The summed E-state index contributed by atoms with van der Waals surface area (Å²) in [5.41, 5.74) is 3.38. The molecule has 0 aliphatic heterocycles. The number of aryl methyl sites for hydroxylation is 1. The Morgan fingerprint density at radius 1 is 1.15 bits per heavy atom. The van der Waals surface area contributed by atoms with E-state index in [1.165, 1.54) is 5.56 Å². The highest BCUT2D eigenvalue weighted by molar-refractivity contribution is 5.45. The largest absolute Gasteiger partial charge is 0.363 e. The van der Waals surface area contributed by atoms with Gasteiger partial charge in [0.2, 0.25) is 5.95 Å². The molecule has 2 aromatic rings. The highest BCUT2D eigenvalue weighted by Crippen LogP contribution is 2.41. The van der Waals surface area contributed by atoms with Crippen molar-refractivity contribution in [1.82, 2.24) is 19.9 Å². The van der Waals surface area contributed by atoms with Crippen LogP contribution in [0.4, 0.5) is 11.8 Å². The standard InChI is InChI=1S/C20H30N6/c1-12-8-16(26-18(21-7)23-12)24-14-9-20(5,6)10-15-13(14)11-22-17(25-15)19(2,3)4/h8,11,14H,9-10H2,1-7H3,(H2,21,23,24,26)/t14-/m0/s1. The quantitative estimate of drug-likeness (QED) is 0.866. The van der Waals surface area contributed by atoms with Crippen LogP contribution < -0.4 is 10.6 Å². The number of hydrogen-bond acceptors (Lipinski definition) is 6. The predicted octanol–water partition coefficient (Wildman–Crippen LogP) is 4.04. The molecule has 0 fully saturated rings. The summed E-state index contributed by atoms with van der Waals surface area (Å²) < 4.78 is 0. The number of nitrogens with zero attached hydrogens (tertiary/aromatic N) is 4. The third kappa shape index (κ3) is 3.94. The van der Waals surface area contributed by atoms with Crippen LogP contribution in [0.25, 0.3) is 0 Å². The van der Waals surface area contributed by atoms with Crippen molar-refractivity contribution < 1.29 is 0 Å². The minimum absolute atomic E-state index is 0.0506. The van der Waals surface area contributed by atoms with E-state index >= 15 is 0 Å². The maximum absolute atomic E-state index is 4.93. The van der Waals surface area contributed by atoms with Crippen molar-refractivity contribution in [2.75, 3.05) is 17.7 Å². The molecule has 6 nitrogen and oxygen atoms in total. The van der Waals surface area contributed by atoms with Gasteiger partial charge in [-0.3, -0.25) is 0 Å². The molecule has 1 aliphatic rings. The molecule has 0 radical (unpaired) electrons. The van der Waals surface area contributed by atoms with Crippen LogP contribution in [0.15, 0.2) is 12.3 Å². The van der Waals surface area contributed by atoms with Crippen molar-refractivity contribution in [1.29, 1.82) is 0 Å². The third-order valence-corrected chi connectivity index (χ3v) is 4.75. The Morgan fingerprint density at radius 2 is 1.88 bits per heavy atom. The minimum Gasteiger partial charge on any atom is -0.363 e. The highest BCUT2D eigenvalue weighted by Gasteiger charge is 2.34. The monoisotopic (exact) mass is 354 g/mol. The summed E-state index contributed by atoms with van der Waals surface area (Å²) >= 11 is 0. The molecule has 0 bridgehead atoms. The molecule has 0 unspecified atom stereocenters. The lowest BCUT2D eigenvalue weighted by Gasteiger charge is -2.37. The van der Waals surface area contributed by atoms with Gasteiger partial charge in [-0.15, -0.1) is 0 Å². The number of rotatable bonds is 3. The van der Waals surface area contributed by atoms with Gasteiger partial charge >= 0.3 is 0 Å². The summed E-state index contributed by atoms with van der Waals surface area (Å²) in [6.07, 6.45) is 3.98. The first kappa shape index (κ1) is 18.5. The fourth-order valence-electron chi connectivity index (χ4n) is 3.47. The zero-order valence-corrected chi connectivity index (χ0v) is 16.9. The third-order valence-electron chi connectivity index (χ3n) is 4.75. The second-order valence-electron chi connectivity index (χ2n) is 9.06.